The van der Waals surface area contributed by atoms with Crippen molar-refractivity contribution in [2.24, 2.45) is 7.05 Å². The van der Waals surface area contributed by atoms with Crippen molar-refractivity contribution < 1.29 is 0 Å². The van der Waals surface area contributed by atoms with Crippen molar-refractivity contribution in [2.75, 3.05) is 36.0 Å². The second-order valence-corrected chi connectivity index (χ2v) is 8.80. The summed E-state index contributed by atoms with van der Waals surface area (Å²) >= 11 is 0. The van der Waals surface area contributed by atoms with Gasteiger partial charge in [-0.2, -0.15) is 0 Å². The molecule has 1 aliphatic rings. The van der Waals surface area contributed by atoms with Gasteiger partial charge in [0.2, 0.25) is 5.95 Å². The van der Waals surface area contributed by atoms with E-state index >= 15 is 0 Å². The average Bonchev–Trinajstić information content (AvgIpc) is 2.86. The summed E-state index contributed by atoms with van der Waals surface area (Å²) < 4.78 is 1.64. The fourth-order valence-electron chi connectivity index (χ4n) is 4.68. The molecule has 2 aromatic heterocycles. The number of aromatic nitrogens is 4. The summed E-state index contributed by atoms with van der Waals surface area (Å²) in [6, 6.07) is 12.4. The lowest BCUT2D eigenvalue weighted by Gasteiger charge is -2.34. The summed E-state index contributed by atoms with van der Waals surface area (Å²) in [4.78, 5) is 30.5. The monoisotopic (exact) mass is 446 g/mol. The number of hydrogen-bond acceptors (Lipinski definition) is 6. The zero-order valence-corrected chi connectivity index (χ0v) is 19.9. The van der Waals surface area contributed by atoms with Gasteiger partial charge in [-0.05, 0) is 49.4 Å². The van der Waals surface area contributed by atoms with Crippen molar-refractivity contribution in [3.8, 4) is 11.4 Å². The Labute approximate surface area is 196 Å². The van der Waals surface area contributed by atoms with Crippen molar-refractivity contribution in [3.05, 3.63) is 64.8 Å². The van der Waals surface area contributed by atoms with Crippen LogP contribution < -0.4 is 15.4 Å². The number of piperidine rings is 1. The van der Waals surface area contributed by atoms with E-state index < -0.39 is 0 Å². The Hall–Kier alpha value is -3.22. The standard InChI is InChI=1S/C26H34N6O/c1-4-14-31(15-5-2)22-10-8-20(9-11-22)21-7-6-16-32(18-21)26-29-24(17-25(33)30(26)3)23-12-13-27-19-28-23/h8-13,17,19,21H,4-7,14-16,18H2,1-3H3. The smallest absolute Gasteiger partial charge is 0.255 e. The second kappa shape index (κ2) is 10.6. The van der Waals surface area contributed by atoms with Gasteiger partial charge in [0.05, 0.1) is 11.4 Å². The van der Waals surface area contributed by atoms with E-state index in [0.717, 1.165) is 51.9 Å². The van der Waals surface area contributed by atoms with Gasteiger partial charge in [0.15, 0.2) is 0 Å². The topological polar surface area (TPSA) is 67.2 Å². The largest absolute Gasteiger partial charge is 0.372 e. The van der Waals surface area contributed by atoms with Crippen LogP contribution in [0.2, 0.25) is 0 Å². The average molecular weight is 447 g/mol. The third kappa shape index (κ3) is 5.24. The molecular formula is C26H34N6O. The molecule has 0 aliphatic carbocycles. The molecule has 1 aromatic carbocycles. The van der Waals surface area contributed by atoms with Crippen LogP contribution in [-0.2, 0) is 7.05 Å². The maximum Gasteiger partial charge on any atom is 0.255 e. The van der Waals surface area contributed by atoms with Crippen molar-refractivity contribution in [3.63, 3.8) is 0 Å². The van der Waals surface area contributed by atoms with Gasteiger partial charge in [-0.25, -0.2) is 15.0 Å². The van der Waals surface area contributed by atoms with E-state index in [-0.39, 0.29) is 5.56 Å². The minimum absolute atomic E-state index is 0.0768. The van der Waals surface area contributed by atoms with Crippen LogP contribution in [0.1, 0.15) is 51.0 Å². The molecule has 1 fully saturated rings. The van der Waals surface area contributed by atoms with Crippen LogP contribution in [-0.4, -0.2) is 45.7 Å². The van der Waals surface area contributed by atoms with Crippen molar-refractivity contribution in [2.45, 2.75) is 45.4 Å². The Bertz CT molecular complexity index is 1090. The highest BCUT2D eigenvalue weighted by Gasteiger charge is 2.25. The molecule has 7 nitrogen and oxygen atoms in total. The minimum Gasteiger partial charge on any atom is -0.372 e. The van der Waals surface area contributed by atoms with Gasteiger partial charge in [0.25, 0.3) is 5.56 Å². The van der Waals surface area contributed by atoms with E-state index in [9.17, 15) is 4.79 Å². The zero-order valence-electron chi connectivity index (χ0n) is 19.9. The van der Waals surface area contributed by atoms with Gasteiger partial charge in [-0.15, -0.1) is 0 Å². The summed E-state index contributed by atoms with van der Waals surface area (Å²) in [6.07, 6.45) is 7.67. The molecule has 0 N–H and O–H groups in total. The molecule has 3 aromatic rings. The van der Waals surface area contributed by atoms with Crippen LogP contribution in [0, 0.1) is 0 Å². The molecule has 1 atom stereocenters. The number of rotatable bonds is 8. The summed E-state index contributed by atoms with van der Waals surface area (Å²) in [7, 11) is 1.79. The van der Waals surface area contributed by atoms with E-state index in [1.807, 2.05) is 0 Å². The van der Waals surface area contributed by atoms with E-state index in [4.69, 9.17) is 4.98 Å². The summed E-state index contributed by atoms with van der Waals surface area (Å²) in [5, 5.41) is 0. The van der Waals surface area contributed by atoms with Crippen molar-refractivity contribution >= 4 is 11.6 Å². The first-order valence-electron chi connectivity index (χ1n) is 12.0. The molecule has 0 saturated carbocycles. The number of nitrogens with zero attached hydrogens (tertiary/aromatic N) is 6. The van der Waals surface area contributed by atoms with Gasteiger partial charge in [-0.3, -0.25) is 9.36 Å². The molecule has 7 heteroatoms. The first kappa shape index (κ1) is 23.0. The molecule has 1 aliphatic heterocycles. The molecule has 0 bridgehead atoms. The first-order chi connectivity index (χ1) is 16.1. The first-order valence-corrected chi connectivity index (χ1v) is 12.0. The third-order valence-corrected chi connectivity index (χ3v) is 6.38. The van der Waals surface area contributed by atoms with Gasteiger partial charge in [-0.1, -0.05) is 26.0 Å². The highest BCUT2D eigenvalue weighted by molar-refractivity contribution is 5.55. The minimum atomic E-state index is -0.0768. The highest BCUT2D eigenvalue weighted by atomic mass is 16.1. The Morgan fingerprint density at radius 3 is 2.48 bits per heavy atom. The van der Waals surface area contributed by atoms with Gasteiger partial charge >= 0.3 is 0 Å². The molecular weight excluding hydrogens is 412 g/mol. The number of hydrogen-bond donors (Lipinski definition) is 0. The molecule has 0 amide bonds. The van der Waals surface area contributed by atoms with Crippen LogP contribution in [0.3, 0.4) is 0 Å². The van der Waals surface area contributed by atoms with E-state index in [1.165, 1.54) is 17.6 Å². The molecule has 174 valence electrons. The van der Waals surface area contributed by atoms with Gasteiger partial charge in [0.1, 0.15) is 6.33 Å². The van der Waals surface area contributed by atoms with Crippen LogP contribution >= 0.6 is 0 Å². The SMILES string of the molecule is CCCN(CCC)c1ccc(C2CCCN(c3nc(-c4ccncn4)cc(=O)n3C)C2)cc1. The molecule has 3 heterocycles. The molecule has 4 rings (SSSR count). The van der Waals surface area contributed by atoms with Gasteiger partial charge < -0.3 is 9.80 Å². The summed E-state index contributed by atoms with van der Waals surface area (Å²) in [5.74, 6) is 1.12. The van der Waals surface area contributed by atoms with Crippen LogP contribution in [0.15, 0.2) is 53.7 Å². The zero-order chi connectivity index (χ0) is 23.2. The Balaban J connectivity index is 1.56. The molecule has 1 saturated heterocycles. The van der Waals surface area contributed by atoms with Crippen LogP contribution in [0.5, 0.6) is 0 Å². The Morgan fingerprint density at radius 2 is 1.82 bits per heavy atom. The van der Waals surface area contributed by atoms with E-state index in [2.05, 4.69) is 57.9 Å². The van der Waals surface area contributed by atoms with E-state index in [0.29, 0.717) is 23.3 Å². The fraction of sp³-hybridized carbons (Fsp3) is 0.462. The molecule has 1 unspecified atom stereocenters. The lowest BCUT2D eigenvalue weighted by molar-refractivity contribution is 0.497. The van der Waals surface area contributed by atoms with Crippen LogP contribution in [0.4, 0.5) is 11.6 Å². The number of anilines is 2. The van der Waals surface area contributed by atoms with Gasteiger partial charge in [0, 0.05) is 57.1 Å². The highest BCUT2D eigenvalue weighted by Crippen LogP contribution is 2.30. The maximum absolute atomic E-state index is 12.7. The predicted octanol–water partition coefficient (Wildman–Crippen LogP) is 4.25. The van der Waals surface area contributed by atoms with Crippen molar-refractivity contribution in [1.29, 1.82) is 0 Å². The van der Waals surface area contributed by atoms with Crippen molar-refractivity contribution in [1.82, 2.24) is 19.5 Å². The quantitative estimate of drug-likeness (QED) is 0.515. The van der Waals surface area contributed by atoms with Crippen LogP contribution in [0.25, 0.3) is 11.4 Å². The maximum atomic E-state index is 12.7. The summed E-state index contributed by atoms with van der Waals surface area (Å²) in [6.45, 7) is 8.38. The molecule has 0 radical (unpaired) electrons. The lowest BCUT2D eigenvalue weighted by atomic mass is 9.90. The fourth-order valence-corrected chi connectivity index (χ4v) is 4.68. The second-order valence-electron chi connectivity index (χ2n) is 8.80. The lowest BCUT2D eigenvalue weighted by Crippen LogP contribution is -2.38. The third-order valence-electron chi connectivity index (χ3n) is 6.38. The van der Waals surface area contributed by atoms with E-state index in [1.54, 1.807) is 29.9 Å². The normalized spacial score (nSPS) is 16.1. The Morgan fingerprint density at radius 1 is 1.06 bits per heavy atom. The molecule has 0 spiro atoms. The Kier molecular flexibility index (Phi) is 7.37. The molecule has 33 heavy (non-hydrogen) atoms. The predicted molar refractivity (Wildman–Crippen MR) is 134 cm³/mol. The summed E-state index contributed by atoms with van der Waals surface area (Å²) in [5.41, 5.74) is 3.84. The number of benzene rings is 1.